The van der Waals surface area contributed by atoms with Gasteiger partial charge in [0.2, 0.25) is 0 Å². The molecule has 0 radical (unpaired) electrons. The van der Waals surface area contributed by atoms with Crippen molar-refractivity contribution in [2.24, 2.45) is 5.41 Å². The molecule has 0 saturated carbocycles. The Morgan fingerprint density at radius 2 is 1.84 bits per heavy atom. The standard InChI is InChI=1S/C17H23F3N2O.C2H6/c1-3-5-14-15(4-2)22(10-11-23)12-16(14)6-8-21(9-7-16)13-17(18,19)20;1-2/h3-5,11H,2,6-10,12-13H2,1H3;1-2H3/b5-3-;. The van der Waals surface area contributed by atoms with E-state index in [1.165, 1.54) is 4.90 Å². The van der Waals surface area contributed by atoms with Crippen molar-refractivity contribution in [3.05, 3.63) is 36.1 Å². The minimum atomic E-state index is -4.15. The van der Waals surface area contributed by atoms with E-state index in [9.17, 15) is 18.0 Å². The van der Waals surface area contributed by atoms with Crippen LogP contribution in [0.25, 0.3) is 0 Å². The maximum Gasteiger partial charge on any atom is 0.401 e. The average Bonchev–Trinajstić information content (AvgIpc) is 2.84. The van der Waals surface area contributed by atoms with Gasteiger partial charge >= 0.3 is 6.18 Å². The van der Waals surface area contributed by atoms with Gasteiger partial charge < -0.3 is 9.69 Å². The summed E-state index contributed by atoms with van der Waals surface area (Å²) in [5, 5.41) is 0. The molecule has 2 heterocycles. The molecule has 0 aliphatic carbocycles. The largest absolute Gasteiger partial charge is 0.401 e. The van der Waals surface area contributed by atoms with E-state index in [4.69, 9.17) is 0 Å². The average molecular weight is 358 g/mol. The van der Waals surface area contributed by atoms with Gasteiger partial charge in [0.1, 0.15) is 6.29 Å². The third-order valence-corrected chi connectivity index (χ3v) is 4.72. The van der Waals surface area contributed by atoms with Gasteiger partial charge in [0.05, 0.1) is 13.1 Å². The highest BCUT2D eigenvalue weighted by Crippen LogP contribution is 2.47. The number of hydrogen-bond donors (Lipinski definition) is 0. The predicted molar refractivity (Wildman–Crippen MR) is 95.2 cm³/mol. The molecule has 0 N–H and O–H groups in total. The van der Waals surface area contributed by atoms with Gasteiger partial charge in [-0.1, -0.05) is 32.6 Å². The van der Waals surface area contributed by atoms with E-state index in [-0.39, 0.29) is 12.0 Å². The van der Waals surface area contributed by atoms with Gasteiger partial charge in [-0.05, 0) is 44.5 Å². The van der Waals surface area contributed by atoms with E-state index in [0.717, 1.165) is 17.6 Å². The maximum atomic E-state index is 12.6. The Hall–Kier alpha value is -1.56. The Labute approximate surface area is 148 Å². The van der Waals surface area contributed by atoms with Crippen LogP contribution in [0.1, 0.15) is 33.6 Å². The maximum absolute atomic E-state index is 12.6. The van der Waals surface area contributed by atoms with Crippen LogP contribution in [0, 0.1) is 5.41 Å². The summed E-state index contributed by atoms with van der Waals surface area (Å²) in [6.07, 6.45) is 3.72. The summed E-state index contributed by atoms with van der Waals surface area (Å²) < 4.78 is 37.7. The van der Waals surface area contributed by atoms with E-state index in [1.807, 2.05) is 37.8 Å². The first kappa shape index (κ1) is 21.5. The molecule has 0 unspecified atom stereocenters. The van der Waals surface area contributed by atoms with E-state index in [1.54, 1.807) is 6.08 Å². The number of allylic oxidation sites excluding steroid dienone is 3. The highest BCUT2D eigenvalue weighted by Gasteiger charge is 2.45. The normalized spacial score (nSPS) is 20.8. The summed E-state index contributed by atoms with van der Waals surface area (Å²) >= 11 is 0. The van der Waals surface area contributed by atoms with Crippen LogP contribution in [-0.2, 0) is 4.79 Å². The van der Waals surface area contributed by atoms with E-state index in [0.29, 0.717) is 32.5 Å². The monoisotopic (exact) mass is 358 g/mol. The van der Waals surface area contributed by atoms with Gasteiger partial charge in [0.25, 0.3) is 0 Å². The summed E-state index contributed by atoms with van der Waals surface area (Å²) in [4.78, 5) is 14.4. The summed E-state index contributed by atoms with van der Waals surface area (Å²) in [7, 11) is 0. The SMILES string of the molecule is C=CC1=C(/C=C\C)C2(CCN(CC(F)(F)F)CC2)CN1CC=O.CC. The number of piperidine rings is 1. The Balaban J connectivity index is 0.00000151. The fourth-order valence-electron chi connectivity index (χ4n) is 3.72. The molecule has 0 aromatic heterocycles. The molecule has 0 aromatic carbocycles. The van der Waals surface area contributed by atoms with E-state index < -0.39 is 12.7 Å². The Kier molecular flexibility index (Phi) is 7.93. The van der Waals surface area contributed by atoms with Crippen molar-refractivity contribution < 1.29 is 18.0 Å². The molecule has 25 heavy (non-hydrogen) atoms. The molecule has 2 aliphatic rings. The molecule has 0 atom stereocenters. The number of hydrogen-bond acceptors (Lipinski definition) is 3. The molecule has 2 aliphatic heterocycles. The van der Waals surface area contributed by atoms with Crippen LogP contribution in [-0.4, -0.2) is 55.0 Å². The zero-order valence-corrected chi connectivity index (χ0v) is 15.4. The van der Waals surface area contributed by atoms with Crippen LogP contribution < -0.4 is 0 Å². The number of alkyl halides is 3. The number of aldehydes is 1. The van der Waals surface area contributed by atoms with Gasteiger partial charge in [-0.25, -0.2) is 0 Å². The first-order chi connectivity index (χ1) is 11.8. The van der Waals surface area contributed by atoms with Gasteiger partial charge in [-0.15, -0.1) is 0 Å². The number of carbonyl (C=O) groups is 1. The first-order valence-corrected chi connectivity index (χ1v) is 8.83. The molecule has 0 amide bonds. The molecule has 1 spiro atoms. The minimum absolute atomic E-state index is 0.179. The third-order valence-electron chi connectivity index (χ3n) is 4.72. The zero-order chi connectivity index (χ0) is 19.1. The van der Waals surface area contributed by atoms with Crippen molar-refractivity contribution in [1.29, 1.82) is 0 Å². The number of nitrogens with zero attached hydrogens (tertiary/aromatic N) is 2. The van der Waals surface area contributed by atoms with Crippen LogP contribution in [0.2, 0.25) is 0 Å². The van der Waals surface area contributed by atoms with Gasteiger partial charge in [0.15, 0.2) is 0 Å². The summed E-state index contributed by atoms with van der Waals surface area (Å²) in [5.41, 5.74) is 1.85. The molecule has 3 nitrogen and oxygen atoms in total. The molecule has 2 rings (SSSR count). The smallest absolute Gasteiger partial charge is 0.363 e. The van der Waals surface area contributed by atoms with E-state index >= 15 is 0 Å². The molecule has 1 fully saturated rings. The van der Waals surface area contributed by atoms with E-state index in [2.05, 4.69) is 6.58 Å². The highest BCUT2D eigenvalue weighted by molar-refractivity contribution is 5.55. The molecule has 1 saturated heterocycles. The quantitative estimate of drug-likeness (QED) is 0.689. The second kappa shape index (κ2) is 9.22. The van der Waals surface area contributed by atoms with Crippen LogP contribution in [0.3, 0.4) is 0 Å². The fraction of sp³-hybridized carbons (Fsp3) is 0.632. The van der Waals surface area contributed by atoms with Gasteiger partial charge in [-0.2, -0.15) is 13.2 Å². The Bertz CT molecular complexity index is 515. The minimum Gasteiger partial charge on any atom is -0.363 e. The fourth-order valence-corrected chi connectivity index (χ4v) is 3.72. The van der Waals surface area contributed by atoms with Crippen LogP contribution >= 0.6 is 0 Å². The second-order valence-corrected chi connectivity index (χ2v) is 6.22. The predicted octanol–water partition coefficient (Wildman–Crippen LogP) is 4.19. The summed E-state index contributed by atoms with van der Waals surface area (Å²) in [6, 6.07) is 0. The molecule has 0 aromatic rings. The molecular formula is C19H29F3N2O. The summed E-state index contributed by atoms with van der Waals surface area (Å²) in [5.74, 6) is 0. The lowest BCUT2D eigenvalue weighted by Gasteiger charge is -2.41. The van der Waals surface area contributed by atoms with Crippen molar-refractivity contribution in [2.75, 3.05) is 32.7 Å². The highest BCUT2D eigenvalue weighted by atomic mass is 19.4. The van der Waals surface area contributed by atoms with Crippen molar-refractivity contribution in [3.63, 3.8) is 0 Å². The van der Waals surface area contributed by atoms with Crippen molar-refractivity contribution in [3.8, 4) is 0 Å². The van der Waals surface area contributed by atoms with Crippen molar-refractivity contribution in [1.82, 2.24) is 9.80 Å². The van der Waals surface area contributed by atoms with Crippen molar-refractivity contribution >= 4 is 6.29 Å². The second-order valence-electron chi connectivity index (χ2n) is 6.22. The molecule has 142 valence electrons. The first-order valence-electron chi connectivity index (χ1n) is 8.83. The summed E-state index contributed by atoms with van der Waals surface area (Å²) in [6.45, 7) is 10.7. The third kappa shape index (κ3) is 5.21. The Morgan fingerprint density at radius 1 is 1.24 bits per heavy atom. The number of likely N-dealkylation sites (tertiary alicyclic amines) is 1. The lowest BCUT2D eigenvalue weighted by Crippen LogP contribution is -2.46. The Morgan fingerprint density at radius 3 is 2.28 bits per heavy atom. The molecule has 0 bridgehead atoms. The van der Waals surface area contributed by atoms with Crippen LogP contribution in [0.4, 0.5) is 13.2 Å². The number of carbonyl (C=O) groups excluding carboxylic acids is 1. The number of rotatable bonds is 5. The lowest BCUT2D eigenvalue weighted by atomic mass is 9.73. The topological polar surface area (TPSA) is 23.6 Å². The van der Waals surface area contributed by atoms with Crippen molar-refractivity contribution in [2.45, 2.75) is 39.8 Å². The lowest BCUT2D eigenvalue weighted by molar-refractivity contribution is -0.149. The number of halogens is 3. The zero-order valence-electron chi connectivity index (χ0n) is 15.4. The molecule has 6 heteroatoms. The van der Waals surface area contributed by atoms with Crippen LogP contribution in [0.15, 0.2) is 36.1 Å². The van der Waals surface area contributed by atoms with Crippen LogP contribution in [0.5, 0.6) is 0 Å². The van der Waals surface area contributed by atoms with Gasteiger partial charge in [0, 0.05) is 17.7 Å². The van der Waals surface area contributed by atoms with Gasteiger partial charge in [-0.3, -0.25) is 4.90 Å². The molecular weight excluding hydrogens is 329 g/mol.